The average molecular weight is 285 g/mol. The molecule has 2 aliphatic rings. The van der Waals surface area contributed by atoms with Gasteiger partial charge >= 0.3 is 0 Å². The summed E-state index contributed by atoms with van der Waals surface area (Å²) in [6.07, 6.45) is 6.80. The molecule has 0 aromatic heterocycles. The van der Waals surface area contributed by atoms with Crippen molar-refractivity contribution in [2.75, 3.05) is 13.1 Å². The van der Waals surface area contributed by atoms with Crippen LogP contribution in [-0.4, -0.2) is 29.8 Å². The van der Waals surface area contributed by atoms with E-state index in [2.05, 4.69) is 18.7 Å². The maximum absolute atomic E-state index is 12.8. The van der Waals surface area contributed by atoms with Crippen LogP contribution in [0.25, 0.3) is 0 Å². The Morgan fingerprint density at radius 3 is 2.62 bits per heavy atom. The lowest BCUT2D eigenvalue weighted by Crippen LogP contribution is -2.48. The molecule has 1 aromatic rings. The Hall–Kier alpha value is -1.15. The van der Waals surface area contributed by atoms with Crippen LogP contribution in [0.5, 0.6) is 0 Å². The Morgan fingerprint density at radius 2 is 1.86 bits per heavy atom. The second-order valence-electron chi connectivity index (χ2n) is 7.45. The predicted octanol–water partition coefficient (Wildman–Crippen LogP) is 4.16. The van der Waals surface area contributed by atoms with Crippen LogP contribution in [0.2, 0.25) is 0 Å². The van der Waals surface area contributed by atoms with Crippen molar-refractivity contribution in [2.45, 2.75) is 52.0 Å². The van der Waals surface area contributed by atoms with Gasteiger partial charge in [0.2, 0.25) is 0 Å². The number of carbonyl (C=O) groups is 1. The molecule has 1 aromatic carbocycles. The van der Waals surface area contributed by atoms with Crippen LogP contribution in [0.15, 0.2) is 30.3 Å². The van der Waals surface area contributed by atoms with Gasteiger partial charge in [-0.2, -0.15) is 0 Å². The number of hydrogen-bond acceptors (Lipinski definition) is 2. The number of benzene rings is 1. The molecular weight excluding hydrogens is 258 g/mol. The third-order valence-corrected chi connectivity index (χ3v) is 5.36. The molecular formula is C19H27NO. The molecule has 1 aliphatic carbocycles. The second-order valence-corrected chi connectivity index (χ2v) is 7.45. The number of fused-ring (bicyclic) bond motifs is 1. The van der Waals surface area contributed by atoms with Crippen LogP contribution in [0.3, 0.4) is 0 Å². The topological polar surface area (TPSA) is 20.3 Å². The third kappa shape index (κ3) is 3.06. The van der Waals surface area contributed by atoms with Crippen LogP contribution in [0.4, 0.5) is 0 Å². The van der Waals surface area contributed by atoms with Gasteiger partial charge in [-0.05, 0) is 38.1 Å². The number of ketones is 1. The first-order valence-electron chi connectivity index (χ1n) is 8.42. The number of Topliss-reactive ketones (excluding diaryl/α,β-unsaturated/α-hetero) is 1. The summed E-state index contributed by atoms with van der Waals surface area (Å²) in [6.45, 7) is 6.30. The quantitative estimate of drug-likeness (QED) is 0.774. The number of piperidine rings is 1. The highest BCUT2D eigenvalue weighted by atomic mass is 16.1. The van der Waals surface area contributed by atoms with Crippen LogP contribution in [0.1, 0.15) is 56.3 Å². The first kappa shape index (κ1) is 14.8. The van der Waals surface area contributed by atoms with E-state index < -0.39 is 0 Å². The zero-order valence-corrected chi connectivity index (χ0v) is 13.3. The van der Waals surface area contributed by atoms with Gasteiger partial charge in [-0.25, -0.2) is 0 Å². The van der Waals surface area contributed by atoms with E-state index in [1.165, 1.54) is 38.6 Å². The SMILES string of the molecule is CC(C)(CN1CCCC2CCCC21)C(=O)c1ccccc1. The maximum Gasteiger partial charge on any atom is 0.169 e. The summed E-state index contributed by atoms with van der Waals surface area (Å²) >= 11 is 0. The number of hydrogen-bond donors (Lipinski definition) is 0. The molecule has 0 radical (unpaired) electrons. The maximum atomic E-state index is 12.8. The summed E-state index contributed by atoms with van der Waals surface area (Å²) in [7, 11) is 0. The first-order chi connectivity index (χ1) is 10.1. The van der Waals surface area contributed by atoms with Gasteiger partial charge in [0, 0.05) is 23.6 Å². The van der Waals surface area contributed by atoms with Crippen LogP contribution in [0, 0.1) is 11.3 Å². The van der Waals surface area contributed by atoms with E-state index in [1.807, 2.05) is 30.3 Å². The fraction of sp³-hybridized carbons (Fsp3) is 0.632. The van der Waals surface area contributed by atoms with E-state index >= 15 is 0 Å². The predicted molar refractivity (Wildman–Crippen MR) is 86.5 cm³/mol. The van der Waals surface area contributed by atoms with Gasteiger partial charge in [0.05, 0.1) is 0 Å². The molecule has 3 rings (SSSR count). The molecule has 0 bridgehead atoms. The Labute approximate surface area is 128 Å². The van der Waals surface area contributed by atoms with E-state index in [1.54, 1.807) is 0 Å². The molecule has 2 nitrogen and oxygen atoms in total. The Balaban J connectivity index is 1.72. The molecule has 0 spiro atoms. The number of rotatable bonds is 4. The minimum Gasteiger partial charge on any atom is -0.299 e. The van der Waals surface area contributed by atoms with E-state index in [-0.39, 0.29) is 11.2 Å². The van der Waals surface area contributed by atoms with Crippen molar-refractivity contribution in [1.29, 1.82) is 0 Å². The standard InChI is InChI=1S/C19H27NO/c1-19(2,18(21)16-8-4-3-5-9-16)14-20-13-7-11-15-10-6-12-17(15)20/h3-5,8-9,15,17H,6-7,10-14H2,1-2H3. The van der Waals surface area contributed by atoms with Crippen molar-refractivity contribution in [1.82, 2.24) is 4.90 Å². The molecule has 114 valence electrons. The molecule has 2 unspecified atom stereocenters. The van der Waals surface area contributed by atoms with Crippen molar-refractivity contribution < 1.29 is 4.79 Å². The summed E-state index contributed by atoms with van der Waals surface area (Å²) in [4.78, 5) is 15.4. The summed E-state index contributed by atoms with van der Waals surface area (Å²) in [6, 6.07) is 10.5. The summed E-state index contributed by atoms with van der Waals surface area (Å²) < 4.78 is 0. The summed E-state index contributed by atoms with van der Waals surface area (Å²) in [5, 5.41) is 0. The van der Waals surface area contributed by atoms with Crippen LogP contribution in [-0.2, 0) is 0 Å². The van der Waals surface area contributed by atoms with Crippen molar-refractivity contribution in [3.63, 3.8) is 0 Å². The van der Waals surface area contributed by atoms with E-state index in [9.17, 15) is 4.79 Å². The van der Waals surface area contributed by atoms with Crippen molar-refractivity contribution in [3.05, 3.63) is 35.9 Å². The lowest BCUT2D eigenvalue weighted by molar-refractivity contribution is 0.0557. The Bertz CT molecular complexity index is 494. The van der Waals surface area contributed by atoms with Gasteiger partial charge in [-0.3, -0.25) is 9.69 Å². The highest BCUT2D eigenvalue weighted by molar-refractivity contribution is 6.00. The fourth-order valence-electron chi connectivity index (χ4n) is 4.31. The van der Waals surface area contributed by atoms with E-state index in [0.717, 1.165) is 24.1 Å². The highest BCUT2D eigenvalue weighted by Gasteiger charge is 2.39. The third-order valence-electron chi connectivity index (χ3n) is 5.36. The molecule has 1 aliphatic heterocycles. The van der Waals surface area contributed by atoms with Gasteiger partial charge in [-0.1, -0.05) is 50.6 Å². The van der Waals surface area contributed by atoms with Gasteiger partial charge in [-0.15, -0.1) is 0 Å². The Kier molecular flexibility index (Phi) is 4.17. The van der Waals surface area contributed by atoms with Gasteiger partial charge < -0.3 is 0 Å². The lowest BCUT2D eigenvalue weighted by atomic mass is 9.81. The van der Waals surface area contributed by atoms with Crippen molar-refractivity contribution in [3.8, 4) is 0 Å². The van der Waals surface area contributed by atoms with Gasteiger partial charge in [0.25, 0.3) is 0 Å². The minimum absolute atomic E-state index is 0.281. The number of likely N-dealkylation sites (tertiary alicyclic amines) is 1. The smallest absolute Gasteiger partial charge is 0.169 e. The first-order valence-corrected chi connectivity index (χ1v) is 8.42. The normalized spacial score (nSPS) is 26.6. The lowest BCUT2D eigenvalue weighted by Gasteiger charge is -2.41. The average Bonchev–Trinajstić information content (AvgIpc) is 2.97. The second kappa shape index (κ2) is 5.92. The van der Waals surface area contributed by atoms with E-state index in [4.69, 9.17) is 0 Å². The largest absolute Gasteiger partial charge is 0.299 e. The van der Waals surface area contributed by atoms with Crippen molar-refractivity contribution >= 4 is 5.78 Å². The summed E-state index contributed by atoms with van der Waals surface area (Å²) in [5.41, 5.74) is 0.550. The molecule has 21 heavy (non-hydrogen) atoms. The van der Waals surface area contributed by atoms with E-state index in [0.29, 0.717) is 0 Å². The Morgan fingerprint density at radius 1 is 1.14 bits per heavy atom. The molecule has 0 amide bonds. The zero-order valence-electron chi connectivity index (χ0n) is 13.3. The van der Waals surface area contributed by atoms with Gasteiger partial charge in [0.15, 0.2) is 5.78 Å². The monoisotopic (exact) mass is 285 g/mol. The minimum atomic E-state index is -0.300. The van der Waals surface area contributed by atoms with Crippen LogP contribution >= 0.6 is 0 Å². The molecule has 1 heterocycles. The fourth-order valence-corrected chi connectivity index (χ4v) is 4.31. The zero-order chi connectivity index (χ0) is 14.9. The molecule has 0 N–H and O–H groups in total. The molecule has 2 fully saturated rings. The summed E-state index contributed by atoms with van der Waals surface area (Å²) in [5.74, 6) is 1.17. The molecule has 2 atom stereocenters. The van der Waals surface area contributed by atoms with Crippen LogP contribution < -0.4 is 0 Å². The number of carbonyl (C=O) groups excluding carboxylic acids is 1. The molecule has 1 saturated carbocycles. The van der Waals surface area contributed by atoms with Gasteiger partial charge in [0.1, 0.15) is 0 Å². The highest BCUT2D eigenvalue weighted by Crippen LogP contribution is 2.38. The van der Waals surface area contributed by atoms with Crippen molar-refractivity contribution in [2.24, 2.45) is 11.3 Å². The molecule has 1 saturated heterocycles. The number of nitrogens with zero attached hydrogens (tertiary/aromatic N) is 1. The molecule has 2 heteroatoms.